The number of ether oxygens (including phenoxy) is 2. The maximum absolute atomic E-state index is 5.89. The lowest BCUT2D eigenvalue weighted by Gasteiger charge is -2.10. The van der Waals surface area contributed by atoms with Gasteiger partial charge in [0, 0.05) is 6.20 Å². The van der Waals surface area contributed by atoms with Crippen molar-refractivity contribution in [1.82, 2.24) is 10.2 Å². The van der Waals surface area contributed by atoms with E-state index in [2.05, 4.69) is 10.2 Å². The van der Waals surface area contributed by atoms with E-state index in [-0.39, 0.29) is 0 Å². The maximum Gasteiger partial charge on any atom is 0.181 e. The predicted molar refractivity (Wildman–Crippen MR) is 92.5 cm³/mol. The van der Waals surface area contributed by atoms with Crippen LogP contribution in [0.3, 0.4) is 0 Å². The van der Waals surface area contributed by atoms with Crippen LogP contribution in [0.4, 0.5) is 0 Å². The Labute approximate surface area is 141 Å². The van der Waals surface area contributed by atoms with Crippen LogP contribution in [0.25, 0.3) is 5.76 Å². The van der Waals surface area contributed by atoms with Crippen molar-refractivity contribution in [3.05, 3.63) is 102 Å². The normalized spacial score (nSPS) is 11.1. The summed E-state index contributed by atoms with van der Waals surface area (Å²) in [6.45, 7) is 0.914. The highest BCUT2D eigenvalue weighted by atomic mass is 16.5. The molecule has 0 amide bonds. The molecule has 0 fully saturated rings. The van der Waals surface area contributed by atoms with Gasteiger partial charge in [-0.05, 0) is 23.3 Å². The van der Waals surface area contributed by atoms with Gasteiger partial charge in [-0.15, -0.1) is 5.10 Å². The molecule has 120 valence electrons. The molecule has 1 aromatic heterocycles. The summed E-state index contributed by atoms with van der Waals surface area (Å²) in [6.07, 6.45) is 3.23. The van der Waals surface area contributed by atoms with Gasteiger partial charge in [-0.3, -0.25) is 0 Å². The topological polar surface area (TPSA) is 44.2 Å². The SMILES string of the molecule is C(OCc1ccccc1)=C(OCc1ccccc1)c1cccnn1. The molecule has 3 rings (SSSR count). The Morgan fingerprint density at radius 2 is 1.46 bits per heavy atom. The molecule has 0 saturated carbocycles. The Kier molecular flexibility index (Phi) is 5.56. The van der Waals surface area contributed by atoms with E-state index in [1.54, 1.807) is 12.5 Å². The average molecular weight is 318 g/mol. The zero-order valence-electron chi connectivity index (χ0n) is 13.2. The molecule has 3 aromatic rings. The van der Waals surface area contributed by atoms with Crippen LogP contribution in [0.5, 0.6) is 0 Å². The molecule has 2 aromatic carbocycles. The Balaban J connectivity index is 1.68. The van der Waals surface area contributed by atoms with Crippen molar-refractivity contribution < 1.29 is 9.47 Å². The highest BCUT2D eigenvalue weighted by molar-refractivity contribution is 5.54. The second kappa shape index (κ2) is 8.48. The van der Waals surface area contributed by atoms with E-state index in [9.17, 15) is 0 Å². The van der Waals surface area contributed by atoms with Gasteiger partial charge in [0.1, 0.15) is 25.2 Å². The lowest BCUT2D eigenvalue weighted by molar-refractivity contribution is 0.207. The fourth-order valence-corrected chi connectivity index (χ4v) is 2.12. The van der Waals surface area contributed by atoms with Crippen molar-refractivity contribution in [2.75, 3.05) is 0 Å². The van der Waals surface area contributed by atoms with Crippen LogP contribution in [0.2, 0.25) is 0 Å². The van der Waals surface area contributed by atoms with Gasteiger partial charge < -0.3 is 9.47 Å². The minimum absolute atomic E-state index is 0.442. The fourth-order valence-electron chi connectivity index (χ4n) is 2.12. The van der Waals surface area contributed by atoms with Gasteiger partial charge in [0.05, 0.1) is 0 Å². The van der Waals surface area contributed by atoms with Gasteiger partial charge in [0.15, 0.2) is 5.76 Å². The predicted octanol–water partition coefficient (Wildman–Crippen LogP) is 4.21. The summed E-state index contributed by atoms with van der Waals surface area (Å²) in [4.78, 5) is 0. The Morgan fingerprint density at radius 3 is 2.08 bits per heavy atom. The monoisotopic (exact) mass is 318 g/mol. The van der Waals surface area contributed by atoms with Crippen LogP contribution in [-0.4, -0.2) is 10.2 Å². The summed E-state index contributed by atoms with van der Waals surface area (Å²) < 4.78 is 11.6. The molecule has 0 aliphatic heterocycles. The Bertz CT molecular complexity index is 759. The van der Waals surface area contributed by atoms with E-state index in [1.165, 1.54) is 0 Å². The van der Waals surface area contributed by atoms with E-state index in [0.717, 1.165) is 11.1 Å². The number of rotatable bonds is 7. The van der Waals surface area contributed by atoms with E-state index >= 15 is 0 Å². The summed E-state index contributed by atoms with van der Waals surface area (Å²) >= 11 is 0. The summed E-state index contributed by atoms with van der Waals surface area (Å²) in [5.41, 5.74) is 2.81. The van der Waals surface area contributed by atoms with Crippen molar-refractivity contribution in [1.29, 1.82) is 0 Å². The lowest BCUT2D eigenvalue weighted by Crippen LogP contribution is -1.98. The smallest absolute Gasteiger partial charge is 0.181 e. The third-order valence-corrected chi connectivity index (χ3v) is 3.35. The molecule has 0 aliphatic rings. The summed E-state index contributed by atoms with van der Waals surface area (Å²) in [5.74, 6) is 0.558. The molecule has 0 bridgehead atoms. The van der Waals surface area contributed by atoms with E-state index < -0.39 is 0 Å². The molecule has 0 spiro atoms. The number of hydrogen-bond acceptors (Lipinski definition) is 4. The third-order valence-electron chi connectivity index (χ3n) is 3.35. The number of hydrogen-bond donors (Lipinski definition) is 0. The molecular formula is C20H18N2O2. The zero-order chi connectivity index (χ0) is 16.5. The Morgan fingerprint density at radius 1 is 0.792 bits per heavy atom. The fraction of sp³-hybridized carbons (Fsp3) is 0.100. The van der Waals surface area contributed by atoms with E-state index in [1.807, 2.05) is 72.8 Å². The molecule has 0 unspecified atom stereocenters. The van der Waals surface area contributed by atoms with Gasteiger partial charge in [-0.2, -0.15) is 5.10 Å². The molecule has 1 heterocycles. The molecule has 4 heteroatoms. The number of benzene rings is 2. The zero-order valence-corrected chi connectivity index (χ0v) is 13.2. The molecule has 0 N–H and O–H groups in total. The highest BCUT2D eigenvalue weighted by Crippen LogP contribution is 2.16. The molecule has 24 heavy (non-hydrogen) atoms. The first-order valence-electron chi connectivity index (χ1n) is 7.72. The lowest BCUT2D eigenvalue weighted by atomic mass is 10.2. The molecular weight excluding hydrogens is 300 g/mol. The summed E-state index contributed by atoms with van der Waals surface area (Å²) in [5, 5.41) is 7.99. The number of nitrogens with zero attached hydrogens (tertiary/aromatic N) is 2. The first-order chi connectivity index (χ1) is 11.9. The molecule has 0 saturated heterocycles. The van der Waals surface area contributed by atoms with Crippen LogP contribution < -0.4 is 0 Å². The van der Waals surface area contributed by atoms with Crippen LogP contribution in [0, 0.1) is 0 Å². The summed E-state index contributed by atoms with van der Waals surface area (Å²) in [7, 11) is 0. The van der Waals surface area contributed by atoms with Gasteiger partial charge in [0.25, 0.3) is 0 Å². The van der Waals surface area contributed by atoms with Gasteiger partial charge in [0.2, 0.25) is 0 Å². The molecule has 0 atom stereocenters. The molecule has 0 radical (unpaired) electrons. The van der Waals surface area contributed by atoms with Gasteiger partial charge in [-0.1, -0.05) is 60.7 Å². The van der Waals surface area contributed by atoms with Gasteiger partial charge >= 0.3 is 0 Å². The highest BCUT2D eigenvalue weighted by Gasteiger charge is 2.06. The first-order valence-corrected chi connectivity index (χ1v) is 7.72. The quantitative estimate of drug-likeness (QED) is 0.612. The van der Waals surface area contributed by atoms with Crippen molar-refractivity contribution in [2.24, 2.45) is 0 Å². The van der Waals surface area contributed by atoms with Gasteiger partial charge in [-0.25, -0.2) is 0 Å². The largest absolute Gasteiger partial charge is 0.493 e. The standard InChI is InChI=1S/C20H18N2O2/c1-3-8-17(9-4-1)14-23-16-20(19-12-7-13-21-22-19)24-15-18-10-5-2-6-11-18/h1-13,16H,14-15H2. The molecule has 4 nitrogen and oxygen atoms in total. The second-order valence-corrected chi connectivity index (χ2v) is 5.16. The maximum atomic E-state index is 5.89. The van der Waals surface area contributed by atoms with Crippen molar-refractivity contribution in [2.45, 2.75) is 13.2 Å². The van der Waals surface area contributed by atoms with E-state index in [4.69, 9.17) is 9.47 Å². The molecule has 0 aliphatic carbocycles. The van der Waals surface area contributed by atoms with Crippen molar-refractivity contribution >= 4 is 5.76 Å². The third kappa shape index (κ3) is 4.68. The average Bonchev–Trinajstić information content (AvgIpc) is 2.67. The minimum atomic E-state index is 0.442. The van der Waals surface area contributed by atoms with Crippen LogP contribution in [-0.2, 0) is 22.7 Å². The first kappa shape index (κ1) is 15.7. The van der Waals surface area contributed by atoms with E-state index in [0.29, 0.717) is 24.7 Å². The van der Waals surface area contributed by atoms with Crippen LogP contribution >= 0.6 is 0 Å². The summed E-state index contributed by atoms with van der Waals surface area (Å²) in [6, 6.07) is 23.6. The van der Waals surface area contributed by atoms with Crippen molar-refractivity contribution in [3.63, 3.8) is 0 Å². The van der Waals surface area contributed by atoms with Crippen LogP contribution in [0.1, 0.15) is 16.8 Å². The minimum Gasteiger partial charge on any atom is -0.493 e. The second-order valence-electron chi connectivity index (χ2n) is 5.16. The number of aromatic nitrogens is 2. The van der Waals surface area contributed by atoms with Crippen LogP contribution in [0.15, 0.2) is 85.3 Å². The van der Waals surface area contributed by atoms with Crippen molar-refractivity contribution in [3.8, 4) is 0 Å². The Hall–Kier alpha value is -3.14.